The van der Waals surface area contributed by atoms with Crippen LogP contribution in [0.2, 0.25) is 0 Å². The van der Waals surface area contributed by atoms with Gasteiger partial charge in [0.15, 0.2) is 5.17 Å². The van der Waals surface area contributed by atoms with Crippen LogP contribution in [0.25, 0.3) is 0 Å². The summed E-state index contributed by atoms with van der Waals surface area (Å²) in [6, 6.07) is -0.391. The monoisotopic (exact) mass is 304 g/mol. The molecule has 0 aromatic carbocycles. The molecule has 0 aromatic heterocycles. The highest BCUT2D eigenvalue weighted by Crippen LogP contribution is 2.37. The van der Waals surface area contributed by atoms with Gasteiger partial charge in [-0.1, -0.05) is 24.6 Å². The minimum absolute atomic E-state index is 0.192. The Morgan fingerprint density at radius 2 is 2.05 bits per heavy atom. The number of hydrogen-bond donors (Lipinski definition) is 4. The van der Waals surface area contributed by atoms with Gasteiger partial charge in [-0.3, -0.25) is 4.99 Å². The second-order valence-corrected chi connectivity index (χ2v) is 6.26. The van der Waals surface area contributed by atoms with Gasteiger partial charge in [0.2, 0.25) is 0 Å². The van der Waals surface area contributed by atoms with Crippen LogP contribution in [-0.2, 0) is 4.74 Å². The number of nitrogens with one attached hydrogen (secondary N) is 1. The molecule has 7 heteroatoms. The van der Waals surface area contributed by atoms with Crippen LogP contribution in [0.1, 0.15) is 32.6 Å². The normalized spacial score (nSPS) is 36.6. The highest BCUT2D eigenvalue weighted by Gasteiger charge is 2.47. The van der Waals surface area contributed by atoms with E-state index < -0.39 is 18.2 Å². The molecule has 2 aliphatic rings. The van der Waals surface area contributed by atoms with Crippen LogP contribution < -0.4 is 5.32 Å². The molecule has 0 unspecified atom stereocenters. The van der Waals surface area contributed by atoms with Gasteiger partial charge in [-0.05, 0) is 19.8 Å². The first-order chi connectivity index (χ1) is 9.67. The maximum atomic E-state index is 10.2. The highest BCUT2D eigenvalue weighted by molar-refractivity contribution is 8.14. The van der Waals surface area contributed by atoms with Crippen molar-refractivity contribution in [3.05, 3.63) is 0 Å². The fourth-order valence-corrected chi connectivity index (χ4v) is 3.73. The van der Waals surface area contributed by atoms with E-state index in [2.05, 4.69) is 10.3 Å². The van der Waals surface area contributed by atoms with Crippen molar-refractivity contribution in [1.29, 1.82) is 0 Å². The molecule has 116 valence electrons. The highest BCUT2D eigenvalue weighted by atomic mass is 32.2. The van der Waals surface area contributed by atoms with Gasteiger partial charge in [-0.15, -0.1) is 0 Å². The number of aliphatic hydroxyl groups is 3. The number of ether oxygens (including phenoxy) is 1. The lowest BCUT2D eigenvalue weighted by Crippen LogP contribution is -2.54. The Hall–Kier alpha value is -0.340. The van der Waals surface area contributed by atoms with Crippen LogP contribution in [0.3, 0.4) is 0 Å². The first kappa shape index (κ1) is 16.0. The number of hydrogen-bond acceptors (Lipinski definition) is 7. The van der Waals surface area contributed by atoms with E-state index in [1.807, 2.05) is 6.92 Å². The minimum Gasteiger partial charge on any atom is -0.396 e. The molecule has 20 heavy (non-hydrogen) atoms. The quantitative estimate of drug-likeness (QED) is 0.519. The van der Waals surface area contributed by atoms with Crippen LogP contribution in [-0.4, -0.2) is 63.4 Å². The Bertz CT molecular complexity index is 342. The number of thioether (sulfide) groups is 1. The Morgan fingerprint density at radius 3 is 2.75 bits per heavy atom. The number of nitrogens with zero attached hydrogens (tertiary/aromatic N) is 1. The lowest BCUT2D eigenvalue weighted by Gasteiger charge is -2.38. The summed E-state index contributed by atoms with van der Waals surface area (Å²) in [5.74, 6) is 0. The maximum Gasteiger partial charge on any atom is 0.159 e. The number of unbranched alkanes of at least 4 members (excludes halogenated alkanes) is 2. The molecule has 0 aromatic rings. The van der Waals surface area contributed by atoms with Crippen molar-refractivity contribution in [2.24, 2.45) is 4.99 Å². The van der Waals surface area contributed by atoms with Gasteiger partial charge in [-0.25, -0.2) is 0 Å². The Balaban J connectivity index is 1.88. The van der Waals surface area contributed by atoms with Crippen molar-refractivity contribution < 1.29 is 20.1 Å². The molecule has 5 atom stereocenters. The molecule has 4 N–H and O–H groups in total. The number of fused-ring (bicyclic) bond motifs is 1. The van der Waals surface area contributed by atoms with Crippen LogP contribution in [0, 0.1) is 0 Å². The summed E-state index contributed by atoms with van der Waals surface area (Å²) in [6.45, 7) is 2.95. The number of aliphatic imine (C=N–C) groups is 1. The first-order valence-electron chi connectivity index (χ1n) is 7.28. The number of rotatable bonds is 6. The zero-order valence-electron chi connectivity index (χ0n) is 11.7. The molecule has 0 bridgehead atoms. The molecule has 6 nitrogen and oxygen atoms in total. The zero-order chi connectivity index (χ0) is 14.5. The van der Waals surface area contributed by atoms with E-state index in [-0.39, 0.29) is 18.1 Å². The molecule has 1 saturated heterocycles. The van der Waals surface area contributed by atoms with Gasteiger partial charge in [0.1, 0.15) is 23.7 Å². The van der Waals surface area contributed by atoms with E-state index >= 15 is 0 Å². The van der Waals surface area contributed by atoms with Crippen LogP contribution in [0.4, 0.5) is 0 Å². The molecule has 2 heterocycles. The third-order valence-corrected chi connectivity index (χ3v) is 4.73. The van der Waals surface area contributed by atoms with E-state index in [1.54, 1.807) is 0 Å². The summed E-state index contributed by atoms with van der Waals surface area (Å²) in [7, 11) is 0. The Kier molecular flexibility index (Phi) is 6.10. The summed E-state index contributed by atoms with van der Waals surface area (Å²) in [5.41, 5.74) is -0.217. The van der Waals surface area contributed by atoms with Crippen molar-refractivity contribution in [3.63, 3.8) is 0 Å². The van der Waals surface area contributed by atoms with E-state index in [4.69, 9.17) is 9.84 Å². The van der Waals surface area contributed by atoms with Gasteiger partial charge < -0.3 is 25.4 Å². The van der Waals surface area contributed by atoms with Crippen LogP contribution >= 0.6 is 11.8 Å². The summed E-state index contributed by atoms with van der Waals surface area (Å²) >= 11 is 1.48. The van der Waals surface area contributed by atoms with E-state index in [1.165, 1.54) is 11.8 Å². The van der Waals surface area contributed by atoms with E-state index in [0.29, 0.717) is 6.42 Å². The Labute approximate surface area is 123 Å². The molecular formula is C13H24N2O4S. The van der Waals surface area contributed by atoms with Crippen LogP contribution in [0.5, 0.6) is 0 Å². The second kappa shape index (κ2) is 7.61. The van der Waals surface area contributed by atoms with Gasteiger partial charge >= 0.3 is 0 Å². The standard InChI is InChI=1S/C13H24N2O4S/c1-2-14-13-15-9-11(18)10(17)8(19-12(9)20-13)6-4-3-5-7-16/h8-12,16-18H,2-7H2,1H3,(H,14,15)/t8-,9-,10-,11-,12-/m1/s1. The predicted molar refractivity (Wildman–Crippen MR) is 78.7 cm³/mol. The third kappa shape index (κ3) is 3.65. The van der Waals surface area contributed by atoms with Gasteiger partial charge in [0, 0.05) is 13.2 Å². The molecular weight excluding hydrogens is 280 g/mol. The first-order valence-corrected chi connectivity index (χ1v) is 8.16. The maximum absolute atomic E-state index is 10.2. The molecule has 0 amide bonds. The molecule has 0 spiro atoms. The molecule has 0 saturated carbocycles. The zero-order valence-corrected chi connectivity index (χ0v) is 12.6. The average Bonchev–Trinajstić information content (AvgIpc) is 2.83. The minimum atomic E-state index is -0.893. The van der Waals surface area contributed by atoms with Crippen molar-refractivity contribution >= 4 is 16.9 Å². The van der Waals surface area contributed by atoms with Crippen molar-refractivity contribution in [2.45, 2.75) is 62.4 Å². The third-order valence-electron chi connectivity index (χ3n) is 3.64. The van der Waals surface area contributed by atoms with Gasteiger partial charge in [0.25, 0.3) is 0 Å². The largest absolute Gasteiger partial charge is 0.396 e. The van der Waals surface area contributed by atoms with E-state index in [0.717, 1.165) is 31.0 Å². The summed E-state index contributed by atoms with van der Waals surface area (Å²) < 4.78 is 5.89. The lowest BCUT2D eigenvalue weighted by atomic mass is 9.95. The molecule has 2 aliphatic heterocycles. The van der Waals surface area contributed by atoms with E-state index in [9.17, 15) is 10.2 Å². The summed E-state index contributed by atoms with van der Waals surface area (Å²) in [4.78, 5) is 4.38. The molecule has 0 aliphatic carbocycles. The summed E-state index contributed by atoms with van der Waals surface area (Å²) in [6.07, 6.45) is 1.11. The van der Waals surface area contributed by atoms with Gasteiger partial charge in [-0.2, -0.15) is 0 Å². The topological polar surface area (TPSA) is 94.3 Å². The fourth-order valence-electron chi connectivity index (χ4n) is 2.54. The fraction of sp³-hybridized carbons (Fsp3) is 0.923. The predicted octanol–water partition coefficient (Wildman–Crippen LogP) is 0.0667. The number of amidine groups is 1. The van der Waals surface area contributed by atoms with Crippen molar-refractivity contribution in [1.82, 2.24) is 5.32 Å². The smallest absolute Gasteiger partial charge is 0.159 e. The second-order valence-electron chi connectivity index (χ2n) is 5.17. The molecule has 1 fully saturated rings. The lowest BCUT2D eigenvalue weighted by molar-refractivity contribution is -0.154. The summed E-state index contributed by atoms with van der Waals surface area (Å²) in [5, 5.41) is 33.0. The number of aliphatic hydroxyl groups excluding tert-OH is 3. The molecule has 0 radical (unpaired) electrons. The molecule has 2 rings (SSSR count). The average molecular weight is 304 g/mol. The van der Waals surface area contributed by atoms with Crippen molar-refractivity contribution in [3.8, 4) is 0 Å². The Morgan fingerprint density at radius 1 is 1.25 bits per heavy atom. The van der Waals surface area contributed by atoms with Crippen molar-refractivity contribution in [2.75, 3.05) is 13.2 Å². The SMILES string of the molecule is CCNC1=N[C@@H]2[C@@H](O)[C@H](O)[C@@H](CCCCCO)O[C@@H]2S1. The van der Waals surface area contributed by atoms with Gasteiger partial charge in [0.05, 0.1) is 6.10 Å². The van der Waals surface area contributed by atoms with Crippen LogP contribution in [0.15, 0.2) is 4.99 Å².